The highest BCUT2D eigenvalue weighted by Crippen LogP contribution is 2.24. The van der Waals surface area contributed by atoms with Crippen LogP contribution in [0.3, 0.4) is 0 Å². The molecule has 1 rings (SSSR count). The van der Waals surface area contributed by atoms with Crippen LogP contribution < -0.4 is 16.2 Å². The van der Waals surface area contributed by atoms with E-state index in [0.717, 1.165) is 56.1 Å². The highest BCUT2D eigenvalue weighted by molar-refractivity contribution is 5.58. The summed E-state index contributed by atoms with van der Waals surface area (Å²) in [7, 11) is 4.19. The first-order valence-corrected chi connectivity index (χ1v) is 7.34. The van der Waals surface area contributed by atoms with Crippen LogP contribution >= 0.6 is 0 Å². The zero-order chi connectivity index (χ0) is 15.0. The van der Waals surface area contributed by atoms with Crippen molar-refractivity contribution in [3.63, 3.8) is 0 Å². The first kappa shape index (κ1) is 16.7. The lowest BCUT2D eigenvalue weighted by Gasteiger charge is -2.25. The zero-order valence-corrected chi connectivity index (χ0v) is 13.2. The number of rotatable bonds is 9. The number of hydrogen-bond acceptors (Lipinski definition) is 6. The van der Waals surface area contributed by atoms with Crippen LogP contribution in [0, 0.1) is 0 Å². The van der Waals surface area contributed by atoms with Crippen molar-refractivity contribution in [3.8, 4) is 0 Å². The molecule has 0 saturated heterocycles. The Balaban J connectivity index is 2.89. The van der Waals surface area contributed by atoms with Crippen LogP contribution in [-0.4, -0.2) is 48.6 Å². The van der Waals surface area contributed by atoms with Gasteiger partial charge in [-0.2, -0.15) is 0 Å². The third-order valence-corrected chi connectivity index (χ3v) is 3.27. The maximum atomic E-state index is 5.57. The smallest absolute Gasteiger partial charge is 0.148 e. The minimum atomic E-state index is 0.739. The van der Waals surface area contributed by atoms with Gasteiger partial charge in [-0.1, -0.05) is 13.3 Å². The van der Waals surface area contributed by atoms with Gasteiger partial charge in [0.2, 0.25) is 0 Å². The molecule has 6 nitrogen and oxygen atoms in total. The number of hydrogen-bond donors (Lipinski definition) is 2. The van der Waals surface area contributed by atoms with E-state index in [1.54, 1.807) is 6.33 Å². The standard InChI is InChI=1S/C14H28N6/c1-5-8-12-13(18-15)16-11-17-14(12)20(6-2)10-7-9-19(3)4/h11H,5-10,15H2,1-4H3,(H,16,17,18). The lowest BCUT2D eigenvalue weighted by atomic mass is 10.1. The fraction of sp³-hybridized carbons (Fsp3) is 0.714. The molecule has 0 amide bonds. The van der Waals surface area contributed by atoms with Crippen LogP contribution in [0.2, 0.25) is 0 Å². The van der Waals surface area contributed by atoms with E-state index in [4.69, 9.17) is 5.84 Å². The number of nitrogens with two attached hydrogens (primary N) is 1. The van der Waals surface area contributed by atoms with Gasteiger partial charge in [-0.15, -0.1) is 0 Å². The van der Waals surface area contributed by atoms with Gasteiger partial charge in [0, 0.05) is 18.7 Å². The summed E-state index contributed by atoms with van der Waals surface area (Å²) >= 11 is 0. The maximum absolute atomic E-state index is 5.57. The largest absolute Gasteiger partial charge is 0.356 e. The minimum Gasteiger partial charge on any atom is -0.356 e. The van der Waals surface area contributed by atoms with Gasteiger partial charge >= 0.3 is 0 Å². The van der Waals surface area contributed by atoms with E-state index in [0.29, 0.717) is 0 Å². The molecule has 0 bridgehead atoms. The molecular weight excluding hydrogens is 252 g/mol. The highest BCUT2D eigenvalue weighted by Gasteiger charge is 2.15. The topological polar surface area (TPSA) is 70.3 Å². The molecular formula is C14H28N6. The van der Waals surface area contributed by atoms with Crippen molar-refractivity contribution in [3.05, 3.63) is 11.9 Å². The Morgan fingerprint density at radius 3 is 2.50 bits per heavy atom. The van der Waals surface area contributed by atoms with Gasteiger partial charge in [0.15, 0.2) is 0 Å². The summed E-state index contributed by atoms with van der Waals surface area (Å²) in [4.78, 5) is 13.2. The lowest BCUT2D eigenvalue weighted by molar-refractivity contribution is 0.400. The van der Waals surface area contributed by atoms with Crippen molar-refractivity contribution in [2.45, 2.75) is 33.1 Å². The second-order valence-electron chi connectivity index (χ2n) is 5.16. The van der Waals surface area contributed by atoms with Gasteiger partial charge in [-0.05, 0) is 40.4 Å². The van der Waals surface area contributed by atoms with Gasteiger partial charge in [0.1, 0.15) is 18.0 Å². The van der Waals surface area contributed by atoms with Crippen LogP contribution in [0.25, 0.3) is 0 Å². The first-order valence-electron chi connectivity index (χ1n) is 7.34. The molecule has 0 spiro atoms. The average molecular weight is 280 g/mol. The summed E-state index contributed by atoms with van der Waals surface area (Å²) in [5.41, 5.74) is 3.80. The Labute approximate surface area is 122 Å². The van der Waals surface area contributed by atoms with E-state index >= 15 is 0 Å². The van der Waals surface area contributed by atoms with Gasteiger partial charge in [-0.25, -0.2) is 15.8 Å². The Hall–Kier alpha value is -1.40. The van der Waals surface area contributed by atoms with Gasteiger partial charge in [0.05, 0.1) is 0 Å². The van der Waals surface area contributed by atoms with Crippen LogP contribution in [0.4, 0.5) is 11.6 Å². The molecule has 0 aliphatic rings. The second kappa shape index (κ2) is 8.71. The Morgan fingerprint density at radius 1 is 1.20 bits per heavy atom. The van der Waals surface area contributed by atoms with Gasteiger partial charge in [-0.3, -0.25) is 0 Å². The normalized spacial score (nSPS) is 10.9. The van der Waals surface area contributed by atoms with E-state index < -0.39 is 0 Å². The van der Waals surface area contributed by atoms with E-state index in [-0.39, 0.29) is 0 Å². The van der Waals surface area contributed by atoms with E-state index in [1.165, 1.54) is 0 Å². The van der Waals surface area contributed by atoms with Crippen molar-refractivity contribution < 1.29 is 0 Å². The Kier molecular flexibility index (Phi) is 7.25. The Morgan fingerprint density at radius 2 is 1.95 bits per heavy atom. The molecule has 20 heavy (non-hydrogen) atoms. The summed E-state index contributed by atoms with van der Waals surface area (Å²) in [6.45, 7) is 7.31. The minimum absolute atomic E-state index is 0.739. The van der Waals surface area contributed by atoms with Crippen molar-refractivity contribution in [2.75, 3.05) is 44.1 Å². The number of nitrogens with one attached hydrogen (secondary N) is 1. The molecule has 0 aromatic carbocycles. The SMILES string of the molecule is CCCc1c(NN)ncnc1N(CC)CCCN(C)C. The maximum Gasteiger partial charge on any atom is 0.148 e. The van der Waals surface area contributed by atoms with Crippen LogP contribution in [0.1, 0.15) is 32.3 Å². The van der Waals surface area contributed by atoms with Gasteiger partial charge in [0.25, 0.3) is 0 Å². The third kappa shape index (κ3) is 4.61. The molecule has 1 aromatic rings. The molecule has 1 aromatic heterocycles. The summed E-state index contributed by atoms with van der Waals surface area (Å²) in [6, 6.07) is 0. The summed E-state index contributed by atoms with van der Waals surface area (Å²) in [6.07, 6.45) is 4.67. The molecule has 0 radical (unpaired) electrons. The molecule has 114 valence electrons. The quantitative estimate of drug-likeness (QED) is 0.527. The molecule has 0 aliphatic carbocycles. The van der Waals surface area contributed by atoms with E-state index in [1.807, 2.05) is 0 Å². The van der Waals surface area contributed by atoms with E-state index in [2.05, 4.69) is 53.1 Å². The zero-order valence-electron chi connectivity index (χ0n) is 13.2. The lowest BCUT2D eigenvalue weighted by Crippen LogP contribution is -2.29. The summed E-state index contributed by atoms with van der Waals surface area (Å²) in [5.74, 6) is 7.31. The average Bonchev–Trinajstić information content (AvgIpc) is 2.44. The van der Waals surface area contributed by atoms with Crippen molar-refractivity contribution in [1.82, 2.24) is 14.9 Å². The predicted molar refractivity (Wildman–Crippen MR) is 84.9 cm³/mol. The fourth-order valence-corrected chi connectivity index (χ4v) is 2.27. The molecule has 3 N–H and O–H groups in total. The molecule has 0 unspecified atom stereocenters. The highest BCUT2D eigenvalue weighted by atomic mass is 15.3. The molecule has 0 fully saturated rings. The van der Waals surface area contributed by atoms with Crippen LogP contribution in [0.5, 0.6) is 0 Å². The fourth-order valence-electron chi connectivity index (χ4n) is 2.27. The van der Waals surface area contributed by atoms with Crippen LogP contribution in [-0.2, 0) is 6.42 Å². The monoisotopic (exact) mass is 280 g/mol. The summed E-state index contributed by atoms with van der Waals surface area (Å²) < 4.78 is 0. The number of nitrogens with zero attached hydrogens (tertiary/aromatic N) is 4. The molecule has 0 saturated carbocycles. The van der Waals surface area contributed by atoms with Crippen molar-refractivity contribution in [2.24, 2.45) is 5.84 Å². The molecule has 1 heterocycles. The van der Waals surface area contributed by atoms with Crippen LogP contribution in [0.15, 0.2) is 6.33 Å². The summed E-state index contributed by atoms with van der Waals surface area (Å²) in [5, 5.41) is 0. The van der Waals surface area contributed by atoms with Crippen molar-refractivity contribution >= 4 is 11.6 Å². The number of hydrazine groups is 1. The number of nitrogen functional groups attached to an aromatic ring is 1. The predicted octanol–water partition coefficient (Wildman–Crippen LogP) is 1.49. The van der Waals surface area contributed by atoms with E-state index in [9.17, 15) is 0 Å². The number of aromatic nitrogens is 2. The van der Waals surface area contributed by atoms with Crippen molar-refractivity contribution in [1.29, 1.82) is 0 Å². The third-order valence-electron chi connectivity index (χ3n) is 3.27. The molecule has 6 heteroatoms. The Bertz CT molecular complexity index is 393. The molecule has 0 aliphatic heterocycles. The van der Waals surface area contributed by atoms with Gasteiger partial charge < -0.3 is 15.2 Å². The second-order valence-corrected chi connectivity index (χ2v) is 5.16. The molecule has 0 atom stereocenters. The number of anilines is 2. The first-order chi connectivity index (χ1) is 9.63.